The summed E-state index contributed by atoms with van der Waals surface area (Å²) in [6, 6.07) is 5.94. The van der Waals surface area contributed by atoms with Gasteiger partial charge in [0.15, 0.2) is 6.10 Å². The van der Waals surface area contributed by atoms with Crippen molar-refractivity contribution in [2.24, 2.45) is 0 Å². The summed E-state index contributed by atoms with van der Waals surface area (Å²) in [4.78, 5) is 41.9. The van der Waals surface area contributed by atoms with E-state index in [4.69, 9.17) is 4.74 Å². The van der Waals surface area contributed by atoms with Crippen LogP contribution in [0.25, 0.3) is 0 Å². The number of esters is 1. The summed E-state index contributed by atoms with van der Waals surface area (Å²) >= 11 is 0. The maximum absolute atomic E-state index is 10.9. The van der Waals surface area contributed by atoms with E-state index in [-0.39, 0.29) is 11.9 Å². The first-order valence-electron chi connectivity index (χ1n) is 7.41. The highest BCUT2D eigenvalue weighted by Crippen LogP contribution is 2.25. The van der Waals surface area contributed by atoms with Crippen molar-refractivity contribution < 1.29 is 33.5 Å². The van der Waals surface area contributed by atoms with E-state index in [1.54, 1.807) is 0 Å². The minimum atomic E-state index is -1.49. The molecule has 0 aromatic heterocycles. The summed E-state index contributed by atoms with van der Waals surface area (Å²) in [5.41, 5.74) is 0.315. The number of carbonyl (C=O) groups excluding carboxylic acids is 3. The van der Waals surface area contributed by atoms with E-state index in [0.717, 1.165) is 6.42 Å². The number of rotatable bonds is 3. The number of fused-ring (bicyclic) bond motifs is 5. The largest absolute Gasteiger partial charge is 0.519 e. The number of hydrogen-bond acceptors (Lipinski definition) is 8. The first-order valence-corrected chi connectivity index (χ1v) is 7.41. The SMILES string of the molecule is CCC1NC(=O)C1OC(C)=O.O=C1Oc2ccc(cc2)C([N+](=O)[O-])O1. The number of nitro groups is 1. The van der Waals surface area contributed by atoms with Crippen LogP contribution in [0, 0.1) is 10.1 Å². The van der Waals surface area contributed by atoms with Crippen LogP contribution in [0.4, 0.5) is 4.79 Å². The van der Waals surface area contributed by atoms with Crippen LogP contribution in [0.1, 0.15) is 32.1 Å². The molecule has 3 aliphatic heterocycles. The molecule has 1 N–H and O–H groups in total. The average molecular weight is 352 g/mol. The van der Waals surface area contributed by atoms with Gasteiger partial charge in [-0.15, -0.1) is 0 Å². The van der Waals surface area contributed by atoms with E-state index >= 15 is 0 Å². The number of hydrogen-bond donors (Lipinski definition) is 1. The molecule has 0 radical (unpaired) electrons. The Hall–Kier alpha value is -3.17. The summed E-state index contributed by atoms with van der Waals surface area (Å²) in [6.45, 7) is 3.24. The molecule has 3 heterocycles. The lowest BCUT2D eigenvalue weighted by molar-refractivity contribution is -0.575. The number of β-lactam (4-membered cyclic amide) rings is 1. The van der Waals surface area contributed by atoms with E-state index < -0.39 is 29.4 Å². The third kappa shape index (κ3) is 4.43. The maximum Gasteiger partial charge on any atom is 0.519 e. The lowest BCUT2D eigenvalue weighted by atomic mass is 10.00. The number of nitrogens with zero attached hydrogens (tertiary/aromatic N) is 1. The number of amides is 1. The minimum Gasteiger partial charge on any atom is -0.450 e. The highest BCUT2D eigenvalue weighted by molar-refractivity contribution is 5.90. The van der Waals surface area contributed by atoms with Gasteiger partial charge in [-0.05, 0) is 30.7 Å². The predicted molar refractivity (Wildman–Crippen MR) is 81.1 cm³/mol. The van der Waals surface area contributed by atoms with Crippen LogP contribution in [0.15, 0.2) is 24.3 Å². The van der Waals surface area contributed by atoms with Crippen LogP contribution in [0.2, 0.25) is 0 Å². The highest BCUT2D eigenvalue weighted by atomic mass is 16.8. The summed E-state index contributed by atoms with van der Waals surface area (Å²) in [5, 5.41) is 13.2. The molecule has 4 rings (SSSR count). The van der Waals surface area contributed by atoms with Crippen molar-refractivity contribution in [1.82, 2.24) is 5.32 Å². The van der Waals surface area contributed by atoms with E-state index in [0.29, 0.717) is 11.3 Å². The third-order valence-electron chi connectivity index (χ3n) is 3.45. The molecule has 3 unspecified atom stereocenters. The van der Waals surface area contributed by atoms with Gasteiger partial charge in [-0.3, -0.25) is 19.7 Å². The van der Waals surface area contributed by atoms with Gasteiger partial charge in [0.25, 0.3) is 5.91 Å². The van der Waals surface area contributed by atoms with Crippen molar-refractivity contribution in [3.05, 3.63) is 39.9 Å². The third-order valence-corrected chi connectivity index (χ3v) is 3.45. The minimum absolute atomic E-state index is 0.0198. The van der Waals surface area contributed by atoms with Gasteiger partial charge in [0.1, 0.15) is 5.75 Å². The summed E-state index contributed by atoms with van der Waals surface area (Å²) in [6.07, 6.45) is -2.30. The fraction of sp³-hybridized carbons (Fsp3) is 0.400. The molecule has 3 atom stereocenters. The fourth-order valence-electron chi connectivity index (χ4n) is 2.20. The molecule has 1 fully saturated rings. The first kappa shape index (κ1) is 18.2. The van der Waals surface area contributed by atoms with Gasteiger partial charge in [0, 0.05) is 6.92 Å². The van der Waals surface area contributed by atoms with Crippen molar-refractivity contribution in [2.75, 3.05) is 0 Å². The second-order valence-electron chi connectivity index (χ2n) is 5.23. The zero-order valence-electron chi connectivity index (χ0n) is 13.5. The Morgan fingerprint density at radius 2 is 1.96 bits per heavy atom. The van der Waals surface area contributed by atoms with Crippen molar-refractivity contribution in [3.63, 3.8) is 0 Å². The summed E-state index contributed by atoms with van der Waals surface area (Å²) in [7, 11) is 0. The monoisotopic (exact) mass is 352 g/mol. The maximum atomic E-state index is 10.9. The van der Waals surface area contributed by atoms with E-state index in [1.165, 1.54) is 31.2 Å². The fourth-order valence-corrected chi connectivity index (χ4v) is 2.20. The number of benzene rings is 1. The van der Waals surface area contributed by atoms with E-state index in [1.807, 2.05) is 6.92 Å². The summed E-state index contributed by atoms with van der Waals surface area (Å²) < 4.78 is 13.8. The highest BCUT2D eigenvalue weighted by Gasteiger charge is 2.40. The smallest absolute Gasteiger partial charge is 0.450 e. The predicted octanol–water partition coefficient (Wildman–Crippen LogP) is 1.32. The Morgan fingerprint density at radius 1 is 1.32 bits per heavy atom. The van der Waals surface area contributed by atoms with Crippen molar-refractivity contribution in [2.45, 2.75) is 38.6 Å². The van der Waals surface area contributed by atoms with Crippen LogP contribution >= 0.6 is 0 Å². The molecule has 3 aliphatic rings. The van der Waals surface area contributed by atoms with Crippen LogP contribution in [-0.2, 0) is 19.1 Å². The molecule has 1 aromatic carbocycles. The molecule has 1 aromatic rings. The number of carbonyl (C=O) groups is 3. The number of nitrogens with one attached hydrogen (secondary N) is 1. The van der Waals surface area contributed by atoms with Crippen molar-refractivity contribution in [3.8, 4) is 5.75 Å². The molecule has 25 heavy (non-hydrogen) atoms. The molecular formula is C15H16N2O8. The molecule has 10 heteroatoms. The molecule has 0 spiro atoms. The lowest BCUT2D eigenvalue weighted by Gasteiger charge is -2.34. The average Bonchev–Trinajstić information content (AvgIpc) is 2.54. The number of ether oxygens (including phenoxy) is 3. The van der Waals surface area contributed by atoms with Gasteiger partial charge < -0.3 is 19.5 Å². The quantitative estimate of drug-likeness (QED) is 0.283. The molecule has 134 valence electrons. The second kappa shape index (κ2) is 7.60. The van der Waals surface area contributed by atoms with Crippen LogP contribution in [0.3, 0.4) is 0 Å². The van der Waals surface area contributed by atoms with E-state index in [9.17, 15) is 24.5 Å². The van der Waals surface area contributed by atoms with Gasteiger partial charge in [-0.2, -0.15) is 0 Å². The molecule has 2 bridgehead atoms. The molecule has 1 saturated heterocycles. The van der Waals surface area contributed by atoms with Crippen molar-refractivity contribution in [1.29, 1.82) is 0 Å². The van der Waals surface area contributed by atoms with E-state index in [2.05, 4.69) is 14.8 Å². The Balaban J connectivity index is 0.000000186. The van der Waals surface area contributed by atoms with Crippen molar-refractivity contribution >= 4 is 18.0 Å². The van der Waals surface area contributed by atoms with Gasteiger partial charge in [0.05, 0.1) is 16.5 Å². The molecule has 1 amide bonds. The van der Waals surface area contributed by atoms with Crippen LogP contribution in [0.5, 0.6) is 5.75 Å². The Kier molecular flexibility index (Phi) is 5.52. The van der Waals surface area contributed by atoms with Crippen LogP contribution < -0.4 is 10.1 Å². The summed E-state index contributed by atoms with van der Waals surface area (Å²) in [5.74, 6) is -0.282. The van der Waals surface area contributed by atoms with Gasteiger partial charge >= 0.3 is 18.4 Å². The zero-order chi connectivity index (χ0) is 18.6. The van der Waals surface area contributed by atoms with Gasteiger partial charge in [-0.1, -0.05) is 6.92 Å². The normalized spacial score (nSPS) is 23.4. The Labute approximate surface area is 142 Å². The lowest BCUT2D eigenvalue weighted by Crippen LogP contribution is -2.63. The first-order chi connectivity index (χ1) is 11.8. The second-order valence-corrected chi connectivity index (χ2v) is 5.23. The molecule has 10 nitrogen and oxygen atoms in total. The van der Waals surface area contributed by atoms with Gasteiger partial charge in [-0.25, -0.2) is 4.79 Å². The topological polar surface area (TPSA) is 134 Å². The molecule has 0 saturated carbocycles. The van der Waals surface area contributed by atoms with Crippen LogP contribution in [-0.4, -0.2) is 35.1 Å². The molecule has 0 aliphatic carbocycles. The zero-order valence-corrected chi connectivity index (χ0v) is 13.5. The Bertz CT molecular complexity index is 687. The Morgan fingerprint density at radius 3 is 2.44 bits per heavy atom. The van der Waals surface area contributed by atoms with Gasteiger partial charge in [0.2, 0.25) is 0 Å². The molecular weight excluding hydrogens is 336 g/mol. The standard InChI is InChI=1S/C8H5NO5.C7H11NO3/c10-8-13-6-3-1-5(2-4-6)7(14-8)9(11)12;1-3-5-6(7(10)8-5)11-4(2)9/h1-4,7H;5-6H,3H2,1-2H3,(H,8,10).